The van der Waals surface area contributed by atoms with Crippen molar-refractivity contribution in [1.29, 1.82) is 0 Å². The van der Waals surface area contributed by atoms with Gasteiger partial charge in [0.25, 0.3) is 11.6 Å². The van der Waals surface area contributed by atoms with Crippen molar-refractivity contribution in [2.45, 2.75) is 26.5 Å². The second-order valence-electron chi connectivity index (χ2n) is 6.23. The Morgan fingerprint density at radius 1 is 1.34 bits per heavy atom. The summed E-state index contributed by atoms with van der Waals surface area (Å²) in [7, 11) is 0. The highest BCUT2D eigenvalue weighted by Gasteiger charge is 2.14. The van der Waals surface area contributed by atoms with Gasteiger partial charge in [-0.2, -0.15) is 5.10 Å². The topological polar surface area (TPSA) is 112 Å². The van der Waals surface area contributed by atoms with Crippen LogP contribution >= 0.6 is 11.6 Å². The molecule has 1 aromatic carbocycles. The number of ether oxygens (including phenoxy) is 1. The molecule has 0 fully saturated rings. The van der Waals surface area contributed by atoms with Gasteiger partial charge in [-0.3, -0.25) is 19.6 Å². The number of aryl methyl sites for hydroxylation is 2. The molecule has 2 aromatic heterocycles. The largest absolute Gasteiger partial charge is 0.484 e. The number of non-ortho nitro benzene ring substituents is 1. The van der Waals surface area contributed by atoms with E-state index in [9.17, 15) is 14.9 Å². The molecule has 0 unspecified atom stereocenters. The van der Waals surface area contributed by atoms with Crippen molar-refractivity contribution in [3.63, 3.8) is 0 Å². The van der Waals surface area contributed by atoms with E-state index < -0.39 is 4.92 Å². The molecule has 3 aromatic rings. The van der Waals surface area contributed by atoms with E-state index in [1.54, 1.807) is 18.3 Å². The first kappa shape index (κ1) is 20.4. The normalized spacial score (nSPS) is 10.7. The van der Waals surface area contributed by atoms with E-state index in [2.05, 4.69) is 10.4 Å². The molecule has 0 atom stereocenters. The standard InChI is InChI=1S/C19H19ClN4O5/c1-13-7-9-22-23(13)10-2-8-21-19(25)17-6-4-15(29-17)12-28-18-11-14(24(26)27)3-5-16(18)20/h3-7,9,11H,2,8,10,12H2,1H3,(H,21,25). The summed E-state index contributed by atoms with van der Waals surface area (Å²) in [6.07, 6.45) is 2.47. The van der Waals surface area contributed by atoms with Crippen molar-refractivity contribution in [3.8, 4) is 5.75 Å². The third-order valence-electron chi connectivity index (χ3n) is 4.14. The average molecular weight is 419 g/mol. The number of hydrogen-bond donors (Lipinski definition) is 1. The third kappa shape index (κ3) is 5.35. The van der Waals surface area contributed by atoms with Crippen molar-refractivity contribution in [2.75, 3.05) is 6.54 Å². The quantitative estimate of drug-likeness (QED) is 0.321. The maximum Gasteiger partial charge on any atom is 0.286 e. The number of amides is 1. The van der Waals surface area contributed by atoms with Crippen LogP contribution in [0.3, 0.4) is 0 Å². The summed E-state index contributed by atoms with van der Waals surface area (Å²) in [5.41, 5.74) is 0.935. The van der Waals surface area contributed by atoms with Gasteiger partial charge in [0, 0.05) is 31.0 Å². The molecule has 3 rings (SSSR count). The number of halogens is 1. The van der Waals surface area contributed by atoms with Crippen molar-refractivity contribution in [1.82, 2.24) is 15.1 Å². The third-order valence-corrected chi connectivity index (χ3v) is 4.45. The minimum atomic E-state index is -0.536. The Labute approximate surface area is 171 Å². The minimum Gasteiger partial charge on any atom is -0.484 e. The molecule has 0 spiro atoms. The Bertz CT molecular complexity index is 1010. The smallest absolute Gasteiger partial charge is 0.286 e. The predicted molar refractivity (Wildman–Crippen MR) is 105 cm³/mol. The van der Waals surface area contributed by atoms with Crippen LogP contribution in [0.4, 0.5) is 5.69 Å². The second-order valence-corrected chi connectivity index (χ2v) is 6.64. The Morgan fingerprint density at radius 3 is 2.90 bits per heavy atom. The van der Waals surface area contributed by atoms with E-state index >= 15 is 0 Å². The summed E-state index contributed by atoms with van der Waals surface area (Å²) in [4.78, 5) is 22.5. The van der Waals surface area contributed by atoms with Crippen LogP contribution in [-0.2, 0) is 13.2 Å². The zero-order valence-corrected chi connectivity index (χ0v) is 16.4. The predicted octanol–water partition coefficient (Wildman–Crippen LogP) is 3.75. The fourth-order valence-electron chi connectivity index (χ4n) is 2.59. The number of furan rings is 1. The molecule has 0 aliphatic heterocycles. The molecule has 2 heterocycles. The van der Waals surface area contributed by atoms with Crippen LogP contribution < -0.4 is 10.1 Å². The lowest BCUT2D eigenvalue weighted by atomic mass is 10.3. The van der Waals surface area contributed by atoms with E-state index in [1.165, 1.54) is 18.2 Å². The molecule has 1 amide bonds. The number of hydrogen-bond acceptors (Lipinski definition) is 6. The van der Waals surface area contributed by atoms with Gasteiger partial charge in [0.1, 0.15) is 18.1 Å². The van der Waals surface area contributed by atoms with Crippen molar-refractivity contribution in [2.24, 2.45) is 0 Å². The number of nitro benzene ring substituents is 1. The molecule has 0 aliphatic carbocycles. The summed E-state index contributed by atoms with van der Waals surface area (Å²) < 4.78 is 12.8. The van der Waals surface area contributed by atoms with Gasteiger partial charge in [-0.1, -0.05) is 11.6 Å². The molecule has 10 heteroatoms. The fraction of sp³-hybridized carbons (Fsp3) is 0.263. The number of nitro groups is 1. The highest BCUT2D eigenvalue weighted by Crippen LogP contribution is 2.29. The van der Waals surface area contributed by atoms with Crippen LogP contribution in [0.5, 0.6) is 5.75 Å². The number of nitrogens with one attached hydrogen (secondary N) is 1. The first-order valence-corrected chi connectivity index (χ1v) is 9.24. The summed E-state index contributed by atoms with van der Waals surface area (Å²) in [6, 6.07) is 8.99. The lowest BCUT2D eigenvalue weighted by molar-refractivity contribution is -0.384. The Kier molecular flexibility index (Phi) is 6.50. The first-order chi connectivity index (χ1) is 13.9. The van der Waals surface area contributed by atoms with Gasteiger partial charge in [-0.05, 0) is 37.6 Å². The van der Waals surface area contributed by atoms with Gasteiger partial charge in [0.15, 0.2) is 5.76 Å². The maximum atomic E-state index is 12.2. The van der Waals surface area contributed by atoms with Gasteiger partial charge in [0.2, 0.25) is 0 Å². The zero-order valence-electron chi connectivity index (χ0n) is 15.6. The van der Waals surface area contributed by atoms with Crippen LogP contribution in [0.1, 0.15) is 28.4 Å². The monoisotopic (exact) mass is 418 g/mol. The first-order valence-electron chi connectivity index (χ1n) is 8.86. The SMILES string of the molecule is Cc1ccnn1CCCNC(=O)c1ccc(COc2cc([N+](=O)[O-])ccc2Cl)o1. The Hall–Kier alpha value is -3.33. The van der Waals surface area contributed by atoms with Gasteiger partial charge in [0.05, 0.1) is 16.0 Å². The van der Waals surface area contributed by atoms with E-state index in [0.29, 0.717) is 18.8 Å². The van der Waals surface area contributed by atoms with Crippen molar-refractivity contribution < 1.29 is 18.9 Å². The maximum absolute atomic E-state index is 12.2. The zero-order chi connectivity index (χ0) is 20.8. The number of benzene rings is 1. The molecule has 0 saturated carbocycles. The van der Waals surface area contributed by atoms with Crippen molar-refractivity contribution in [3.05, 3.63) is 74.9 Å². The Morgan fingerprint density at radius 2 is 2.17 bits per heavy atom. The minimum absolute atomic E-state index is 0.0211. The van der Waals surface area contributed by atoms with E-state index in [4.69, 9.17) is 20.8 Å². The van der Waals surface area contributed by atoms with Gasteiger partial charge >= 0.3 is 0 Å². The molecule has 0 bridgehead atoms. The molecule has 9 nitrogen and oxygen atoms in total. The average Bonchev–Trinajstić information content (AvgIpc) is 3.33. The van der Waals surface area contributed by atoms with Crippen LogP contribution in [0.25, 0.3) is 0 Å². The summed E-state index contributed by atoms with van der Waals surface area (Å²) in [5.74, 6) is 0.382. The highest BCUT2D eigenvalue weighted by atomic mass is 35.5. The molecule has 0 aliphatic rings. The van der Waals surface area contributed by atoms with E-state index in [1.807, 2.05) is 17.7 Å². The summed E-state index contributed by atoms with van der Waals surface area (Å²) >= 11 is 5.99. The number of carbonyl (C=O) groups is 1. The van der Waals surface area contributed by atoms with E-state index in [-0.39, 0.29) is 34.7 Å². The molecule has 0 radical (unpaired) electrons. The van der Waals surface area contributed by atoms with Gasteiger partial charge < -0.3 is 14.5 Å². The van der Waals surface area contributed by atoms with E-state index in [0.717, 1.165) is 12.1 Å². The van der Waals surface area contributed by atoms with Gasteiger partial charge in [-0.25, -0.2) is 0 Å². The number of aromatic nitrogens is 2. The molecular weight excluding hydrogens is 400 g/mol. The number of nitrogens with zero attached hydrogens (tertiary/aromatic N) is 3. The number of carbonyl (C=O) groups excluding carboxylic acids is 1. The van der Waals surface area contributed by atoms with Crippen molar-refractivity contribution >= 4 is 23.2 Å². The summed E-state index contributed by atoms with van der Waals surface area (Å²) in [5, 5.41) is 18.1. The Balaban J connectivity index is 1.48. The second kappa shape index (κ2) is 9.24. The molecule has 1 N–H and O–H groups in total. The number of rotatable bonds is 9. The lowest BCUT2D eigenvalue weighted by Crippen LogP contribution is -2.25. The summed E-state index contributed by atoms with van der Waals surface area (Å²) in [6.45, 7) is 3.14. The molecule has 29 heavy (non-hydrogen) atoms. The molecule has 0 saturated heterocycles. The molecular formula is C19H19ClN4O5. The van der Waals surface area contributed by atoms with Crippen LogP contribution in [0.2, 0.25) is 5.02 Å². The van der Waals surface area contributed by atoms with Gasteiger partial charge in [-0.15, -0.1) is 0 Å². The van der Waals surface area contributed by atoms with Crippen LogP contribution in [0, 0.1) is 17.0 Å². The van der Waals surface area contributed by atoms with Crippen LogP contribution in [-0.4, -0.2) is 27.2 Å². The lowest BCUT2D eigenvalue weighted by Gasteiger charge is -2.06. The van der Waals surface area contributed by atoms with Crippen LogP contribution in [0.15, 0.2) is 47.0 Å². The molecule has 152 valence electrons. The highest BCUT2D eigenvalue weighted by molar-refractivity contribution is 6.32. The fourth-order valence-corrected chi connectivity index (χ4v) is 2.77.